The molecule has 1 aliphatic carbocycles. The van der Waals surface area contributed by atoms with Gasteiger partial charge in [-0.25, -0.2) is 0 Å². The fraction of sp³-hybridized carbons (Fsp3) is 0.308. The monoisotopic (exact) mass is 372 g/mol. The summed E-state index contributed by atoms with van der Waals surface area (Å²) < 4.78 is 0. The molecule has 0 atom stereocenters. The minimum absolute atomic E-state index is 0.743. The Labute approximate surface area is 170 Å². The van der Waals surface area contributed by atoms with Crippen LogP contribution in [0.2, 0.25) is 0 Å². The second-order valence-corrected chi connectivity index (χ2v) is 7.23. The molecule has 2 N–H and O–H groups in total. The molecule has 0 saturated heterocycles. The van der Waals surface area contributed by atoms with E-state index in [0.717, 1.165) is 41.2 Å². The molecular formula is C26H32N2. The highest BCUT2D eigenvalue weighted by atomic mass is 14.7. The number of nitrogens with two attached hydrogens (primary N) is 1. The highest BCUT2D eigenvalue weighted by Crippen LogP contribution is 2.33. The topological polar surface area (TPSA) is 38.4 Å². The van der Waals surface area contributed by atoms with E-state index in [1.807, 2.05) is 19.1 Å². The van der Waals surface area contributed by atoms with Crippen molar-refractivity contribution in [3.8, 4) is 0 Å². The highest BCUT2D eigenvalue weighted by molar-refractivity contribution is 5.83. The van der Waals surface area contributed by atoms with E-state index in [0.29, 0.717) is 0 Å². The largest absolute Gasteiger partial charge is 0.404 e. The molecule has 0 bridgehead atoms. The van der Waals surface area contributed by atoms with Crippen LogP contribution >= 0.6 is 0 Å². The van der Waals surface area contributed by atoms with Crippen LogP contribution in [0.5, 0.6) is 0 Å². The summed E-state index contributed by atoms with van der Waals surface area (Å²) in [5, 5.41) is 0. The number of aliphatic imine (C=N–C) groups is 1. The van der Waals surface area contributed by atoms with E-state index in [9.17, 15) is 0 Å². The third kappa shape index (κ3) is 6.72. The summed E-state index contributed by atoms with van der Waals surface area (Å²) >= 11 is 0. The number of allylic oxidation sites excluding steroid dienone is 6. The Hall–Kier alpha value is -2.83. The molecule has 1 fully saturated rings. The molecule has 1 heterocycles. The number of nitrogens with zero attached hydrogens (tertiary/aromatic N) is 1. The maximum atomic E-state index is 5.50. The molecule has 2 heteroatoms. The first-order chi connectivity index (χ1) is 13.7. The normalized spacial score (nSPS) is 23.0. The predicted molar refractivity (Wildman–Crippen MR) is 122 cm³/mol. The molecule has 146 valence electrons. The summed E-state index contributed by atoms with van der Waals surface area (Å²) in [7, 11) is 0. The first kappa shape index (κ1) is 21.5. The van der Waals surface area contributed by atoms with E-state index < -0.39 is 0 Å². The van der Waals surface area contributed by atoms with Gasteiger partial charge in [0.15, 0.2) is 0 Å². The molecule has 28 heavy (non-hydrogen) atoms. The minimum atomic E-state index is 0.743. The van der Waals surface area contributed by atoms with Crippen LogP contribution in [0.1, 0.15) is 56.9 Å². The van der Waals surface area contributed by atoms with Crippen molar-refractivity contribution in [3.05, 3.63) is 102 Å². The fourth-order valence-electron chi connectivity index (χ4n) is 3.48. The first-order valence-corrected chi connectivity index (χ1v) is 10.0. The summed E-state index contributed by atoms with van der Waals surface area (Å²) in [5.41, 5.74) is 14.0. The van der Waals surface area contributed by atoms with Crippen LogP contribution in [0, 0.1) is 0 Å². The summed E-state index contributed by atoms with van der Waals surface area (Å²) in [4.78, 5) is 4.47. The zero-order valence-corrected chi connectivity index (χ0v) is 17.0. The summed E-state index contributed by atoms with van der Waals surface area (Å²) in [5.74, 6) is 0.871. The van der Waals surface area contributed by atoms with Gasteiger partial charge in [-0.3, -0.25) is 4.99 Å². The molecule has 0 spiro atoms. The van der Waals surface area contributed by atoms with Gasteiger partial charge in [-0.15, -0.1) is 5.73 Å². The lowest BCUT2D eigenvalue weighted by Gasteiger charge is -2.09. The van der Waals surface area contributed by atoms with Crippen LogP contribution in [-0.4, -0.2) is 6.21 Å². The molecule has 2 nitrogen and oxygen atoms in total. The van der Waals surface area contributed by atoms with Gasteiger partial charge in [0.05, 0.1) is 0 Å². The van der Waals surface area contributed by atoms with Gasteiger partial charge in [0, 0.05) is 30.1 Å². The molecule has 1 aliphatic heterocycles. The Morgan fingerprint density at radius 3 is 2.57 bits per heavy atom. The third-order valence-electron chi connectivity index (χ3n) is 5.19. The Balaban J connectivity index is 0.000000218. The van der Waals surface area contributed by atoms with Crippen LogP contribution in [-0.2, 0) is 0 Å². The van der Waals surface area contributed by atoms with Crippen molar-refractivity contribution in [2.45, 2.75) is 51.4 Å². The van der Waals surface area contributed by atoms with E-state index >= 15 is 0 Å². The zero-order chi connectivity index (χ0) is 20.2. The van der Waals surface area contributed by atoms with Crippen molar-refractivity contribution in [1.29, 1.82) is 0 Å². The molecule has 1 aromatic carbocycles. The molecular weight excluding hydrogens is 340 g/mol. The van der Waals surface area contributed by atoms with E-state index in [-0.39, 0.29) is 0 Å². The zero-order valence-electron chi connectivity index (χ0n) is 17.0. The average molecular weight is 373 g/mol. The van der Waals surface area contributed by atoms with Crippen molar-refractivity contribution in [3.63, 3.8) is 0 Å². The van der Waals surface area contributed by atoms with Crippen LogP contribution in [0.25, 0.3) is 0 Å². The smallest absolute Gasteiger partial charge is 0.0485 e. The third-order valence-corrected chi connectivity index (χ3v) is 5.19. The molecule has 3 rings (SSSR count). The average Bonchev–Trinajstić information content (AvgIpc) is 3.26. The molecule has 1 aromatic rings. The second kappa shape index (κ2) is 11.8. The van der Waals surface area contributed by atoms with Gasteiger partial charge in [-0.05, 0) is 48.8 Å². The standard InChI is InChI=1S/C15H18N2.C11H14/c1-4-12(3)9-15-14(5-2)8-6-7-13(10-16)11-17-15;1-2-6-10(7-3-1)11-8-4-5-9-11/h5-7,10-11H,1-2,8-9,16H2,3H3;1-3,6-7,11H,4-5,8-9H2/b7-6-,13-10+,15-14-,17-11+;. The van der Waals surface area contributed by atoms with Gasteiger partial charge >= 0.3 is 0 Å². The molecule has 0 amide bonds. The molecule has 2 aliphatic rings. The Bertz CT molecular complexity index is 809. The summed E-state index contributed by atoms with van der Waals surface area (Å²) in [6, 6.07) is 10.9. The van der Waals surface area contributed by atoms with Gasteiger partial charge in [0.1, 0.15) is 0 Å². The fourth-order valence-corrected chi connectivity index (χ4v) is 3.48. The molecule has 0 unspecified atom stereocenters. The van der Waals surface area contributed by atoms with Crippen LogP contribution in [0.3, 0.4) is 0 Å². The van der Waals surface area contributed by atoms with Crippen molar-refractivity contribution in [2.75, 3.05) is 0 Å². The Morgan fingerprint density at radius 2 is 1.96 bits per heavy atom. The lowest BCUT2D eigenvalue weighted by Crippen LogP contribution is -1.95. The van der Waals surface area contributed by atoms with Crippen molar-refractivity contribution < 1.29 is 0 Å². The van der Waals surface area contributed by atoms with Crippen LogP contribution < -0.4 is 5.73 Å². The van der Waals surface area contributed by atoms with E-state index in [1.54, 1.807) is 18.0 Å². The van der Waals surface area contributed by atoms with Gasteiger partial charge in [0.25, 0.3) is 0 Å². The Morgan fingerprint density at radius 1 is 1.25 bits per heavy atom. The molecule has 0 aromatic heterocycles. The lowest BCUT2D eigenvalue weighted by atomic mass is 9.98. The maximum absolute atomic E-state index is 5.50. The van der Waals surface area contributed by atoms with Crippen molar-refractivity contribution in [2.24, 2.45) is 10.7 Å². The van der Waals surface area contributed by atoms with Gasteiger partial charge < -0.3 is 5.73 Å². The number of hydrogen-bond donors (Lipinski definition) is 1. The van der Waals surface area contributed by atoms with E-state index in [1.165, 1.54) is 25.7 Å². The van der Waals surface area contributed by atoms with Crippen LogP contribution in [0.15, 0.2) is 101 Å². The van der Waals surface area contributed by atoms with E-state index in [2.05, 4.69) is 60.3 Å². The highest BCUT2D eigenvalue weighted by Gasteiger charge is 2.15. The van der Waals surface area contributed by atoms with E-state index in [4.69, 9.17) is 5.73 Å². The quantitative estimate of drug-likeness (QED) is 0.582. The number of rotatable bonds is 4. The van der Waals surface area contributed by atoms with Crippen molar-refractivity contribution in [1.82, 2.24) is 0 Å². The van der Waals surface area contributed by atoms with Gasteiger partial charge in [-0.2, -0.15) is 0 Å². The predicted octanol–water partition coefficient (Wildman–Crippen LogP) is 6.77. The van der Waals surface area contributed by atoms with Crippen molar-refractivity contribution >= 4 is 6.21 Å². The van der Waals surface area contributed by atoms with Gasteiger partial charge in [-0.1, -0.05) is 74.6 Å². The minimum Gasteiger partial charge on any atom is -0.404 e. The lowest BCUT2D eigenvalue weighted by molar-refractivity contribution is 0.723. The SMILES string of the molecule is C=C=C(C)CC1=C(/C=C)C\C=C/C(=C\N)/C=N/1.c1ccc(C2CCCC2)cc1. The Kier molecular flexibility index (Phi) is 9.04. The number of hydrogen-bond acceptors (Lipinski definition) is 2. The van der Waals surface area contributed by atoms with Gasteiger partial charge in [0.2, 0.25) is 0 Å². The maximum Gasteiger partial charge on any atom is 0.0485 e. The van der Waals surface area contributed by atoms with Crippen LogP contribution in [0.4, 0.5) is 0 Å². The summed E-state index contributed by atoms with van der Waals surface area (Å²) in [6.07, 6.45) is 16.4. The molecule has 1 saturated carbocycles. The molecule has 0 radical (unpaired) electrons. The summed E-state index contributed by atoms with van der Waals surface area (Å²) in [6.45, 7) is 9.46. The number of benzene rings is 1. The first-order valence-electron chi connectivity index (χ1n) is 10.0. The second-order valence-electron chi connectivity index (χ2n) is 7.23.